The van der Waals surface area contributed by atoms with Gasteiger partial charge in [-0.25, -0.2) is 0 Å². The molecule has 0 saturated heterocycles. The van der Waals surface area contributed by atoms with Gasteiger partial charge in [-0.05, 0) is 80.8 Å². The molecule has 19 heavy (non-hydrogen) atoms. The van der Waals surface area contributed by atoms with Crippen LogP contribution in [0.15, 0.2) is 18.2 Å². The van der Waals surface area contributed by atoms with Gasteiger partial charge >= 0.3 is 0 Å². The van der Waals surface area contributed by atoms with Crippen molar-refractivity contribution in [2.75, 3.05) is 19.6 Å². The van der Waals surface area contributed by atoms with Crippen molar-refractivity contribution in [2.24, 2.45) is 11.7 Å². The minimum atomic E-state index is 0.688. The predicted octanol–water partition coefficient (Wildman–Crippen LogP) is 2.68. The summed E-state index contributed by atoms with van der Waals surface area (Å²) >= 11 is 0. The molecule has 2 nitrogen and oxygen atoms in total. The Hall–Kier alpha value is -0.860. The van der Waals surface area contributed by atoms with Crippen molar-refractivity contribution in [3.05, 3.63) is 34.9 Å². The van der Waals surface area contributed by atoms with Crippen LogP contribution in [0.4, 0.5) is 0 Å². The van der Waals surface area contributed by atoms with Crippen molar-refractivity contribution in [2.45, 2.75) is 45.4 Å². The fourth-order valence-electron chi connectivity index (χ4n) is 2.91. The van der Waals surface area contributed by atoms with E-state index in [9.17, 15) is 0 Å². The van der Waals surface area contributed by atoms with Crippen LogP contribution in [0.3, 0.4) is 0 Å². The summed E-state index contributed by atoms with van der Waals surface area (Å²) in [5, 5.41) is 3.54. The zero-order valence-electron chi connectivity index (χ0n) is 12.3. The Kier molecular flexibility index (Phi) is 5.87. The van der Waals surface area contributed by atoms with Crippen molar-refractivity contribution in [3.63, 3.8) is 0 Å². The summed E-state index contributed by atoms with van der Waals surface area (Å²) in [4.78, 5) is 0. The van der Waals surface area contributed by atoms with E-state index in [2.05, 4.69) is 30.4 Å². The van der Waals surface area contributed by atoms with Crippen LogP contribution < -0.4 is 11.1 Å². The Morgan fingerprint density at radius 2 is 2.00 bits per heavy atom. The summed E-state index contributed by atoms with van der Waals surface area (Å²) in [5.41, 5.74) is 10.2. The molecule has 1 atom stereocenters. The van der Waals surface area contributed by atoms with Gasteiger partial charge in [0.15, 0.2) is 0 Å². The van der Waals surface area contributed by atoms with E-state index in [0.29, 0.717) is 5.92 Å². The van der Waals surface area contributed by atoms with Gasteiger partial charge < -0.3 is 11.1 Å². The molecule has 3 N–H and O–H groups in total. The van der Waals surface area contributed by atoms with Crippen molar-refractivity contribution >= 4 is 0 Å². The fraction of sp³-hybridized carbons (Fsp3) is 0.647. The first-order valence-corrected chi connectivity index (χ1v) is 7.81. The van der Waals surface area contributed by atoms with E-state index in [4.69, 9.17) is 5.73 Å². The van der Waals surface area contributed by atoms with E-state index in [1.807, 2.05) is 0 Å². The van der Waals surface area contributed by atoms with Gasteiger partial charge in [-0.3, -0.25) is 0 Å². The van der Waals surface area contributed by atoms with Gasteiger partial charge in [0, 0.05) is 0 Å². The Morgan fingerprint density at radius 1 is 1.21 bits per heavy atom. The second kappa shape index (κ2) is 7.66. The predicted molar refractivity (Wildman–Crippen MR) is 82.5 cm³/mol. The minimum Gasteiger partial charge on any atom is -0.330 e. The highest BCUT2D eigenvalue weighted by molar-refractivity contribution is 5.33. The molecule has 0 saturated carbocycles. The number of aryl methyl sites for hydroxylation is 2. The van der Waals surface area contributed by atoms with Crippen LogP contribution in [0.25, 0.3) is 0 Å². The van der Waals surface area contributed by atoms with Crippen LogP contribution in [0.1, 0.15) is 42.9 Å². The quantitative estimate of drug-likeness (QED) is 0.740. The molecule has 1 unspecified atom stereocenters. The topological polar surface area (TPSA) is 38.0 Å². The number of nitrogens with one attached hydrogen (secondary N) is 1. The summed E-state index contributed by atoms with van der Waals surface area (Å²) in [7, 11) is 0. The van der Waals surface area contributed by atoms with Crippen LogP contribution in [0, 0.1) is 5.92 Å². The highest BCUT2D eigenvalue weighted by Gasteiger charge is 2.09. The van der Waals surface area contributed by atoms with Crippen LogP contribution in [-0.4, -0.2) is 19.6 Å². The highest BCUT2D eigenvalue weighted by Crippen LogP contribution is 2.22. The van der Waals surface area contributed by atoms with E-state index in [1.54, 1.807) is 11.1 Å². The zero-order chi connectivity index (χ0) is 13.5. The summed E-state index contributed by atoms with van der Waals surface area (Å²) < 4.78 is 0. The van der Waals surface area contributed by atoms with Crippen molar-refractivity contribution in [1.29, 1.82) is 0 Å². The SMILES string of the molecule is CC(CCN)CNCCc1ccc2c(c1)CCCC2. The lowest BCUT2D eigenvalue weighted by Gasteiger charge is -2.17. The molecule has 1 aromatic carbocycles. The van der Waals surface area contributed by atoms with Crippen LogP contribution in [-0.2, 0) is 19.3 Å². The average Bonchev–Trinajstić information content (AvgIpc) is 2.44. The first-order chi connectivity index (χ1) is 9.29. The van der Waals surface area contributed by atoms with E-state index < -0.39 is 0 Å². The van der Waals surface area contributed by atoms with Crippen molar-refractivity contribution in [3.8, 4) is 0 Å². The molecule has 0 heterocycles. The highest BCUT2D eigenvalue weighted by atomic mass is 14.8. The summed E-state index contributed by atoms with van der Waals surface area (Å²) in [6, 6.07) is 7.09. The van der Waals surface area contributed by atoms with Gasteiger partial charge in [0.1, 0.15) is 0 Å². The molecule has 0 amide bonds. The van der Waals surface area contributed by atoms with Gasteiger partial charge in [-0.1, -0.05) is 25.1 Å². The van der Waals surface area contributed by atoms with E-state index in [-0.39, 0.29) is 0 Å². The van der Waals surface area contributed by atoms with Gasteiger partial charge in [-0.2, -0.15) is 0 Å². The number of nitrogens with two attached hydrogens (primary N) is 1. The number of hydrogen-bond donors (Lipinski definition) is 2. The maximum Gasteiger partial charge on any atom is -0.000824 e. The molecule has 106 valence electrons. The maximum absolute atomic E-state index is 5.56. The molecule has 0 radical (unpaired) electrons. The second-order valence-corrected chi connectivity index (χ2v) is 5.95. The Labute approximate surface area is 117 Å². The first-order valence-electron chi connectivity index (χ1n) is 7.81. The minimum absolute atomic E-state index is 0.688. The fourth-order valence-corrected chi connectivity index (χ4v) is 2.91. The third-order valence-electron chi connectivity index (χ3n) is 4.16. The molecule has 2 rings (SSSR count). The smallest absolute Gasteiger partial charge is 0.000824 e. The largest absolute Gasteiger partial charge is 0.330 e. The van der Waals surface area contributed by atoms with Gasteiger partial charge in [0.25, 0.3) is 0 Å². The summed E-state index contributed by atoms with van der Waals surface area (Å²) in [6.07, 6.45) is 7.56. The van der Waals surface area contributed by atoms with Crippen LogP contribution in [0.5, 0.6) is 0 Å². The monoisotopic (exact) mass is 260 g/mol. The molecular weight excluding hydrogens is 232 g/mol. The first kappa shape index (κ1) is 14.5. The van der Waals surface area contributed by atoms with Gasteiger partial charge in [0.05, 0.1) is 0 Å². The molecular formula is C17H28N2. The lowest BCUT2D eigenvalue weighted by atomic mass is 9.90. The third-order valence-corrected chi connectivity index (χ3v) is 4.16. The molecule has 2 heteroatoms. The zero-order valence-corrected chi connectivity index (χ0v) is 12.3. The molecule has 0 aromatic heterocycles. The van der Waals surface area contributed by atoms with Gasteiger partial charge in [0.2, 0.25) is 0 Å². The number of benzene rings is 1. The maximum atomic E-state index is 5.56. The molecule has 1 aromatic rings. The van der Waals surface area contributed by atoms with Crippen molar-refractivity contribution < 1.29 is 0 Å². The normalized spacial score (nSPS) is 16.1. The van der Waals surface area contributed by atoms with E-state index in [1.165, 1.54) is 31.2 Å². The van der Waals surface area contributed by atoms with Gasteiger partial charge in [-0.15, -0.1) is 0 Å². The van der Waals surface area contributed by atoms with E-state index in [0.717, 1.165) is 32.5 Å². The molecule has 0 aliphatic heterocycles. The average molecular weight is 260 g/mol. The lowest BCUT2D eigenvalue weighted by Crippen LogP contribution is -2.25. The summed E-state index contributed by atoms with van der Waals surface area (Å²) in [5.74, 6) is 0.688. The molecule has 1 aliphatic rings. The third kappa shape index (κ3) is 4.63. The standard InChI is InChI=1S/C17H28N2/c1-14(8-10-18)13-19-11-9-15-6-7-16-4-2-3-5-17(16)12-15/h6-7,12,14,19H,2-5,8-11,13,18H2,1H3. The molecule has 1 aliphatic carbocycles. The Morgan fingerprint density at radius 3 is 2.79 bits per heavy atom. The molecule has 0 spiro atoms. The van der Waals surface area contributed by atoms with Crippen LogP contribution >= 0.6 is 0 Å². The number of fused-ring (bicyclic) bond motifs is 1. The number of hydrogen-bond acceptors (Lipinski definition) is 2. The van der Waals surface area contributed by atoms with Crippen molar-refractivity contribution in [1.82, 2.24) is 5.32 Å². The van der Waals surface area contributed by atoms with Crippen LogP contribution in [0.2, 0.25) is 0 Å². The Bertz CT molecular complexity index is 387. The molecule has 0 bridgehead atoms. The Balaban J connectivity index is 1.74. The molecule has 0 fully saturated rings. The number of rotatable bonds is 7. The second-order valence-electron chi connectivity index (χ2n) is 5.95. The lowest BCUT2D eigenvalue weighted by molar-refractivity contribution is 0.489. The van der Waals surface area contributed by atoms with E-state index >= 15 is 0 Å². The summed E-state index contributed by atoms with van der Waals surface area (Å²) in [6.45, 7) is 5.22.